The van der Waals surface area contributed by atoms with Gasteiger partial charge in [0.15, 0.2) is 0 Å². The number of hydrogen-bond acceptors (Lipinski definition) is 14. The molecule has 1 saturated heterocycles. The number of carbonyl (C=O) groups excluding carboxylic acids is 5. The maximum Gasteiger partial charge on any atom is 0.323 e. The first-order chi connectivity index (χ1) is 24.1. The summed E-state index contributed by atoms with van der Waals surface area (Å²) in [6.45, 7) is 23.3. The van der Waals surface area contributed by atoms with Crippen molar-refractivity contribution in [3.8, 4) is 0 Å². The lowest BCUT2D eigenvalue weighted by Gasteiger charge is -2.37. The van der Waals surface area contributed by atoms with Gasteiger partial charge in [-0.2, -0.15) is 0 Å². The Bertz CT molecular complexity index is 1190. The molecule has 1 rings (SSSR count). The molecule has 2 N–H and O–H groups in total. The molecule has 1 aliphatic heterocycles. The van der Waals surface area contributed by atoms with Crippen LogP contribution in [-0.2, 0) is 47.7 Å². The molecule has 16 heteroatoms. The van der Waals surface area contributed by atoms with Crippen molar-refractivity contribution in [1.29, 1.82) is 0 Å². The number of hydrogen-bond donors (Lipinski definition) is 2. The van der Waals surface area contributed by atoms with Crippen LogP contribution in [0.15, 0.2) is 0 Å². The Balaban J connectivity index is 3.56. The molecule has 0 aliphatic carbocycles. The lowest BCUT2D eigenvalue weighted by atomic mass is 10.1. The highest BCUT2D eigenvalue weighted by atomic mass is 16.6. The maximum atomic E-state index is 13.8. The van der Waals surface area contributed by atoms with Crippen LogP contribution in [0.1, 0.15) is 95.9 Å². The van der Waals surface area contributed by atoms with Gasteiger partial charge in [0.2, 0.25) is 5.91 Å². The summed E-state index contributed by atoms with van der Waals surface area (Å²) < 4.78 is 22.7. The summed E-state index contributed by atoms with van der Waals surface area (Å²) >= 11 is 0. The molecular formula is C37H67N5O11. The number of nitrogens with one attached hydrogen (secondary N) is 1. The monoisotopic (exact) mass is 757 g/mol. The van der Waals surface area contributed by atoms with E-state index in [-0.39, 0.29) is 45.6 Å². The van der Waals surface area contributed by atoms with Crippen molar-refractivity contribution in [2.45, 2.75) is 124 Å². The first-order valence-corrected chi connectivity index (χ1v) is 18.4. The SMILES string of the molecule is CC(C)(C)OC(=O)CN1CCN(CC(=O)OC(C)(C)C)CCN([C@H](CCC(=O)NCC(=O)O)C(=O)OC(C)(C)C)CCN(CC(=O)OC(C)(C)C)CC1. The van der Waals surface area contributed by atoms with Crippen LogP contribution in [0.2, 0.25) is 0 Å². The summed E-state index contributed by atoms with van der Waals surface area (Å²) in [5.41, 5.74) is -2.94. The zero-order valence-electron chi connectivity index (χ0n) is 34.3. The third-order valence-electron chi connectivity index (χ3n) is 7.39. The third-order valence-corrected chi connectivity index (χ3v) is 7.39. The molecule has 0 spiro atoms. The van der Waals surface area contributed by atoms with Gasteiger partial charge in [-0.15, -0.1) is 0 Å². The normalized spacial score (nSPS) is 17.4. The van der Waals surface area contributed by atoms with Crippen LogP contribution < -0.4 is 5.32 Å². The number of carboxylic acid groups (broad SMARTS) is 1. The van der Waals surface area contributed by atoms with Gasteiger partial charge in [-0.1, -0.05) is 0 Å². The largest absolute Gasteiger partial charge is 0.480 e. The number of ether oxygens (including phenoxy) is 4. The summed E-state index contributed by atoms with van der Waals surface area (Å²) in [5.74, 6) is -3.55. The average Bonchev–Trinajstić information content (AvgIpc) is 2.93. The molecule has 306 valence electrons. The summed E-state index contributed by atoms with van der Waals surface area (Å²) in [6.07, 6.45) is -0.112. The number of rotatable bonds is 13. The second-order valence-electron chi connectivity index (χ2n) is 17.4. The van der Waals surface area contributed by atoms with Crippen LogP contribution in [0.5, 0.6) is 0 Å². The van der Waals surface area contributed by atoms with Gasteiger partial charge >= 0.3 is 29.8 Å². The van der Waals surface area contributed by atoms with E-state index in [0.717, 1.165) is 0 Å². The number of carboxylic acids is 1. The predicted molar refractivity (Wildman–Crippen MR) is 198 cm³/mol. The van der Waals surface area contributed by atoms with E-state index in [1.165, 1.54) is 0 Å². The van der Waals surface area contributed by atoms with Crippen molar-refractivity contribution in [3.05, 3.63) is 0 Å². The Kier molecular flexibility index (Phi) is 18.8. The fraction of sp³-hybridized carbons (Fsp3) is 0.838. The third kappa shape index (κ3) is 23.8. The van der Waals surface area contributed by atoms with Gasteiger partial charge in [-0.25, -0.2) is 0 Å². The van der Waals surface area contributed by atoms with E-state index in [2.05, 4.69) is 5.32 Å². The summed E-state index contributed by atoms with van der Waals surface area (Å²) in [4.78, 5) is 84.1. The van der Waals surface area contributed by atoms with E-state index in [1.807, 2.05) is 19.6 Å². The lowest BCUT2D eigenvalue weighted by molar-refractivity contribution is -0.163. The topological polar surface area (TPSA) is 185 Å². The molecule has 0 bridgehead atoms. The van der Waals surface area contributed by atoms with E-state index in [9.17, 15) is 28.8 Å². The minimum atomic E-state index is -1.19. The molecule has 1 aliphatic rings. The highest BCUT2D eigenvalue weighted by molar-refractivity contribution is 5.82. The van der Waals surface area contributed by atoms with Gasteiger partial charge in [0.25, 0.3) is 0 Å². The minimum absolute atomic E-state index is 0.00535. The van der Waals surface area contributed by atoms with Crippen molar-refractivity contribution < 1.29 is 52.8 Å². The Labute approximate surface area is 316 Å². The molecule has 0 aromatic heterocycles. The van der Waals surface area contributed by atoms with Crippen LogP contribution >= 0.6 is 0 Å². The fourth-order valence-corrected chi connectivity index (χ4v) is 5.36. The molecule has 0 aromatic carbocycles. The van der Waals surface area contributed by atoms with Crippen molar-refractivity contribution in [1.82, 2.24) is 24.9 Å². The molecule has 16 nitrogen and oxygen atoms in total. The molecular weight excluding hydrogens is 690 g/mol. The second-order valence-corrected chi connectivity index (χ2v) is 17.4. The molecule has 0 unspecified atom stereocenters. The van der Waals surface area contributed by atoms with Crippen LogP contribution in [0, 0.1) is 0 Å². The van der Waals surface area contributed by atoms with Gasteiger partial charge in [0.1, 0.15) is 35.0 Å². The molecule has 1 fully saturated rings. The fourth-order valence-electron chi connectivity index (χ4n) is 5.36. The van der Waals surface area contributed by atoms with Crippen molar-refractivity contribution in [2.24, 2.45) is 0 Å². The molecule has 1 heterocycles. The van der Waals surface area contributed by atoms with E-state index in [0.29, 0.717) is 39.3 Å². The summed E-state index contributed by atoms with van der Waals surface area (Å²) in [5, 5.41) is 11.4. The Morgan fingerprint density at radius 3 is 1.17 bits per heavy atom. The van der Waals surface area contributed by atoms with Crippen molar-refractivity contribution in [3.63, 3.8) is 0 Å². The van der Waals surface area contributed by atoms with Crippen LogP contribution in [0.25, 0.3) is 0 Å². The van der Waals surface area contributed by atoms with Gasteiger partial charge < -0.3 is 29.4 Å². The van der Waals surface area contributed by atoms with Crippen molar-refractivity contribution in [2.75, 3.05) is 78.5 Å². The van der Waals surface area contributed by atoms with Gasteiger partial charge in [-0.3, -0.25) is 48.4 Å². The Morgan fingerprint density at radius 2 is 0.868 bits per heavy atom. The summed E-state index contributed by atoms with van der Waals surface area (Å²) in [7, 11) is 0. The van der Waals surface area contributed by atoms with E-state index >= 15 is 0 Å². The molecule has 0 saturated carbocycles. The molecule has 1 atom stereocenters. The zero-order valence-corrected chi connectivity index (χ0v) is 34.3. The number of nitrogens with zero attached hydrogens (tertiary/aromatic N) is 4. The second kappa shape index (κ2) is 20.9. The maximum absolute atomic E-state index is 13.8. The van der Waals surface area contributed by atoms with Gasteiger partial charge in [0.05, 0.1) is 19.6 Å². The van der Waals surface area contributed by atoms with E-state index < -0.39 is 70.7 Å². The average molecular weight is 758 g/mol. The summed E-state index contributed by atoms with van der Waals surface area (Å²) in [6, 6.07) is -0.914. The van der Waals surface area contributed by atoms with Gasteiger partial charge in [-0.05, 0) is 89.5 Å². The molecule has 53 heavy (non-hydrogen) atoms. The molecule has 1 amide bonds. The molecule has 0 radical (unpaired) electrons. The van der Waals surface area contributed by atoms with Gasteiger partial charge in [0, 0.05) is 58.8 Å². The van der Waals surface area contributed by atoms with Crippen LogP contribution in [0.4, 0.5) is 0 Å². The number of aliphatic carboxylic acids is 1. The highest BCUT2D eigenvalue weighted by Crippen LogP contribution is 2.17. The quantitative estimate of drug-likeness (QED) is 0.205. The number of esters is 4. The van der Waals surface area contributed by atoms with Crippen LogP contribution in [-0.4, -0.2) is 167 Å². The smallest absolute Gasteiger partial charge is 0.323 e. The van der Waals surface area contributed by atoms with Crippen LogP contribution in [0.3, 0.4) is 0 Å². The first-order valence-electron chi connectivity index (χ1n) is 18.4. The first kappa shape index (κ1) is 47.7. The van der Waals surface area contributed by atoms with E-state index in [4.69, 9.17) is 24.1 Å². The van der Waals surface area contributed by atoms with E-state index in [1.54, 1.807) is 83.1 Å². The van der Waals surface area contributed by atoms with Crippen molar-refractivity contribution >= 4 is 35.8 Å². The zero-order chi connectivity index (χ0) is 40.8. The minimum Gasteiger partial charge on any atom is -0.480 e. The predicted octanol–water partition coefficient (Wildman–Crippen LogP) is 1.92. The lowest BCUT2D eigenvalue weighted by Crippen LogP contribution is -2.53. The standard InChI is InChI=1S/C37H67N5O11/c1-34(2,3)50-30(46)24-39-15-17-40(25-31(47)51-35(4,5)6)19-21-42(22-20-41(18-16-39)26-32(48)52-36(7,8)9)27(33(49)53-37(10,11)12)13-14-28(43)38-23-29(44)45/h27H,13-26H2,1-12H3,(H,38,43)(H,44,45)/t27-/m1/s1. The Hall–Kier alpha value is -3.34. The highest BCUT2D eigenvalue weighted by Gasteiger charge is 2.33. The number of carbonyl (C=O) groups is 6. The molecule has 0 aromatic rings. The Morgan fingerprint density at radius 1 is 0.547 bits per heavy atom. The number of amides is 1.